The lowest BCUT2D eigenvalue weighted by Crippen LogP contribution is -2.49. The lowest BCUT2D eigenvalue weighted by atomic mass is 10.1. The molecule has 2 aromatic rings. The molecule has 0 unspecified atom stereocenters. The maximum Gasteiger partial charge on any atom is 0.255 e. The van der Waals surface area contributed by atoms with E-state index >= 15 is 0 Å². The second-order valence-electron chi connectivity index (χ2n) is 7.69. The molecule has 3 heterocycles. The number of rotatable bonds is 5. The zero-order chi connectivity index (χ0) is 21.6. The highest BCUT2D eigenvalue weighted by Gasteiger charge is 2.26. The topological polar surface area (TPSA) is 98.6 Å². The van der Waals surface area contributed by atoms with E-state index in [9.17, 15) is 9.59 Å². The Labute approximate surface area is 181 Å². The van der Waals surface area contributed by atoms with Crippen LogP contribution in [-0.2, 0) is 4.74 Å². The maximum atomic E-state index is 12.8. The number of amides is 2. The SMILES string of the molecule is N#Cc1cccc(C(=O)N2CCN(c3ncccc3C(=O)NC[C@@H]3CCCO3)CC2)c1. The van der Waals surface area contributed by atoms with E-state index in [1.54, 1.807) is 47.5 Å². The highest BCUT2D eigenvalue weighted by atomic mass is 16.5. The smallest absolute Gasteiger partial charge is 0.255 e. The van der Waals surface area contributed by atoms with Crippen molar-refractivity contribution < 1.29 is 14.3 Å². The first-order valence-electron chi connectivity index (χ1n) is 10.5. The number of pyridine rings is 1. The molecule has 1 N–H and O–H groups in total. The van der Waals surface area contributed by atoms with E-state index in [4.69, 9.17) is 10.00 Å². The van der Waals surface area contributed by atoms with Crippen molar-refractivity contribution in [2.45, 2.75) is 18.9 Å². The Balaban J connectivity index is 1.39. The number of nitriles is 1. The molecular formula is C23H25N5O3. The largest absolute Gasteiger partial charge is 0.376 e. The zero-order valence-electron chi connectivity index (χ0n) is 17.3. The van der Waals surface area contributed by atoms with Gasteiger partial charge in [0.2, 0.25) is 0 Å². The summed E-state index contributed by atoms with van der Waals surface area (Å²) < 4.78 is 5.57. The number of carbonyl (C=O) groups excluding carboxylic acids is 2. The van der Waals surface area contributed by atoms with Crippen molar-refractivity contribution in [1.82, 2.24) is 15.2 Å². The summed E-state index contributed by atoms with van der Waals surface area (Å²) >= 11 is 0. The Kier molecular flexibility index (Phi) is 6.43. The molecule has 0 radical (unpaired) electrons. The van der Waals surface area contributed by atoms with Gasteiger partial charge in [0.25, 0.3) is 11.8 Å². The predicted molar refractivity (Wildman–Crippen MR) is 115 cm³/mol. The highest BCUT2D eigenvalue weighted by molar-refractivity contribution is 5.99. The van der Waals surface area contributed by atoms with E-state index < -0.39 is 0 Å². The monoisotopic (exact) mass is 419 g/mol. The summed E-state index contributed by atoms with van der Waals surface area (Å²) in [7, 11) is 0. The van der Waals surface area contributed by atoms with Gasteiger partial charge >= 0.3 is 0 Å². The molecule has 0 spiro atoms. The standard InChI is InChI=1S/C23H25N5O3/c24-15-17-4-1-5-18(14-17)23(30)28-11-9-27(10-12-28)21-20(7-2-8-25-21)22(29)26-16-19-6-3-13-31-19/h1-2,4-5,7-8,14,19H,3,6,9-13,16H2,(H,26,29)/t19-/m0/s1. The quantitative estimate of drug-likeness (QED) is 0.794. The molecular weight excluding hydrogens is 394 g/mol. The predicted octanol–water partition coefficient (Wildman–Crippen LogP) is 1.82. The van der Waals surface area contributed by atoms with Gasteiger partial charge in [0.1, 0.15) is 5.82 Å². The minimum Gasteiger partial charge on any atom is -0.376 e. The number of nitrogens with one attached hydrogen (secondary N) is 1. The first kappa shape index (κ1) is 20.8. The Morgan fingerprint density at radius 3 is 2.77 bits per heavy atom. The van der Waals surface area contributed by atoms with Crippen LogP contribution in [0.2, 0.25) is 0 Å². The number of benzene rings is 1. The Hall–Kier alpha value is -3.44. The number of carbonyl (C=O) groups is 2. The second kappa shape index (κ2) is 9.58. The number of nitrogens with zero attached hydrogens (tertiary/aromatic N) is 4. The van der Waals surface area contributed by atoms with Gasteiger partial charge in [0, 0.05) is 51.1 Å². The van der Waals surface area contributed by atoms with Gasteiger partial charge in [0.05, 0.1) is 23.3 Å². The third kappa shape index (κ3) is 4.84. The molecule has 2 aliphatic heterocycles. The lowest BCUT2D eigenvalue weighted by molar-refractivity contribution is 0.0745. The summed E-state index contributed by atoms with van der Waals surface area (Å²) in [5, 5.41) is 12.0. The number of piperazine rings is 1. The molecule has 2 aliphatic rings. The summed E-state index contributed by atoms with van der Waals surface area (Å²) in [6, 6.07) is 12.3. The third-order valence-corrected chi connectivity index (χ3v) is 5.65. The average molecular weight is 419 g/mol. The Morgan fingerprint density at radius 2 is 2.03 bits per heavy atom. The van der Waals surface area contributed by atoms with E-state index in [1.807, 2.05) is 4.90 Å². The number of hydrogen-bond donors (Lipinski definition) is 1. The van der Waals surface area contributed by atoms with Crippen LogP contribution in [0, 0.1) is 11.3 Å². The van der Waals surface area contributed by atoms with Gasteiger partial charge < -0.3 is 19.9 Å². The van der Waals surface area contributed by atoms with Gasteiger partial charge in [-0.25, -0.2) is 4.98 Å². The molecule has 0 bridgehead atoms. The molecule has 8 nitrogen and oxygen atoms in total. The first-order valence-corrected chi connectivity index (χ1v) is 10.5. The molecule has 8 heteroatoms. The molecule has 4 rings (SSSR count). The average Bonchev–Trinajstić information content (AvgIpc) is 3.36. The van der Waals surface area contributed by atoms with Gasteiger partial charge in [-0.1, -0.05) is 6.07 Å². The van der Waals surface area contributed by atoms with E-state index in [0.717, 1.165) is 19.4 Å². The molecule has 2 amide bonds. The van der Waals surface area contributed by atoms with Crippen molar-refractivity contribution in [3.8, 4) is 6.07 Å². The molecule has 1 aromatic heterocycles. The van der Waals surface area contributed by atoms with Crippen LogP contribution in [0.25, 0.3) is 0 Å². The van der Waals surface area contributed by atoms with Gasteiger partial charge in [-0.15, -0.1) is 0 Å². The van der Waals surface area contributed by atoms with Crippen LogP contribution in [0.3, 0.4) is 0 Å². The number of anilines is 1. The normalized spacial score (nSPS) is 18.5. The van der Waals surface area contributed by atoms with E-state index in [0.29, 0.717) is 55.2 Å². The van der Waals surface area contributed by atoms with Crippen molar-refractivity contribution in [2.24, 2.45) is 0 Å². The maximum absolute atomic E-state index is 12.8. The molecule has 160 valence electrons. The third-order valence-electron chi connectivity index (χ3n) is 5.65. The van der Waals surface area contributed by atoms with Crippen LogP contribution >= 0.6 is 0 Å². The summed E-state index contributed by atoms with van der Waals surface area (Å²) in [5.74, 6) is 0.378. The molecule has 0 saturated carbocycles. The molecule has 1 aromatic carbocycles. The fraction of sp³-hybridized carbons (Fsp3) is 0.391. The number of hydrogen-bond acceptors (Lipinski definition) is 6. The Morgan fingerprint density at radius 1 is 1.19 bits per heavy atom. The van der Waals surface area contributed by atoms with Crippen molar-refractivity contribution in [2.75, 3.05) is 44.2 Å². The summed E-state index contributed by atoms with van der Waals surface area (Å²) in [5.41, 5.74) is 1.51. The van der Waals surface area contributed by atoms with Gasteiger partial charge in [-0.3, -0.25) is 9.59 Å². The zero-order valence-corrected chi connectivity index (χ0v) is 17.3. The molecule has 31 heavy (non-hydrogen) atoms. The van der Waals surface area contributed by atoms with Crippen LogP contribution < -0.4 is 10.2 Å². The Bertz CT molecular complexity index is 989. The fourth-order valence-electron chi connectivity index (χ4n) is 3.96. The first-order chi connectivity index (χ1) is 15.2. The van der Waals surface area contributed by atoms with Crippen molar-refractivity contribution >= 4 is 17.6 Å². The van der Waals surface area contributed by atoms with Gasteiger partial charge in [0.15, 0.2) is 0 Å². The summed E-state index contributed by atoms with van der Waals surface area (Å²) in [6.45, 7) is 3.44. The van der Waals surface area contributed by atoms with Gasteiger partial charge in [-0.05, 0) is 43.2 Å². The minimum atomic E-state index is -0.162. The number of aromatic nitrogens is 1. The highest BCUT2D eigenvalue weighted by Crippen LogP contribution is 2.20. The molecule has 2 fully saturated rings. The van der Waals surface area contributed by atoms with Crippen molar-refractivity contribution in [3.63, 3.8) is 0 Å². The van der Waals surface area contributed by atoms with Crippen molar-refractivity contribution in [3.05, 3.63) is 59.3 Å². The summed E-state index contributed by atoms with van der Waals surface area (Å²) in [4.78, 5) is 33.8. The lowest BCUT2D eigenvalue weighted by Gasteiger charge is -2.36. The minimum absolute atomic E-state index is 0.0816. The second-order valence-corrected chi connectivity index (χ2v) is 7.69. The summed E-state index contributed by atoms with van der Waals surface area (Å²) in [6.07, 6.45) is 3.76. The van der Waals surface area contributed by atoms with Gasteiger partial charge in [-0.2, -0.15) is 5.26 Å². The van der Waals surface area contributed by atoms with E-state index in [2.05, 4.69) is 16.4 Å². The van der Waals surface area contributed by atoms with Crippen molar-refractivity contribution in [1.29, 1.82) is 5.26 Å². The van der Waals surface area contributed by atoms with Crippen LogP contribution in [-0.4, -0.2) is 67.1 Å². The molecule has 2 saturated heterocycles. The van der Waals surface area contributed by atoms with Crippen LogP contribution in [0.4, 0.5) is 5.82 Å². The van der Waals surface area contributed by atoms with Crippen LogP contribution in [0.1, 0.15) is 39.1 Å². The molecule has 1 atom stereocenters. The molecule has 0 aliphatic carbocycles. The van der Waals surface area contributed by atoms with E-state index in [-0.39, 0.29) is 17.9 Å². The van der Waals surface area contributed by atoms with E-state index in [1.165, 1.54) is 0 Å². The van der Waals surface area contributed by atoms with Crippen LogP contribution in [0.15, 0.2) is 42.6 Å². The fourth-order valence-corrected chi connectivity index (χ4v) is 3.96. The van der Waals surface area contributed by atoms with Crippen LogP contribution in [0.5, 0.6) is 0 Å². The number of ether oxygens (including phenoxy) is 1.